The van der Waals surface area contributed by atoms with Crippen molar-refractivity contribution in [2.24, 2.45) is 22.7 Å². The van der Waals surface area contributed by atoms with Gasteiger partial charge in [-0.2, -0.15) is 0 Å². The van der Waals surface area contributed by atoms with Gasteiger partial charge in [0, 0.05) is 50.5 Å². The molecule has 2 aliphatic carbocycles. The van der Waals surface area contributed by atoms with Crippen LogP contribution in [-0.4, -0.2) is 28.5 Å². The predicted octanol–water partition coefficient (Wildman–Crippen LogP) is -0.138. The van der Waals surface area contributed by atoms with Gasteiger partial charge in [-0.3, -0.25) is 0 Å². The first-order valence-corrected chi connectivity index (χ1v) is 11.6. The minimum atomic E-state index is -0.959. The Morgan fingerprint density at radius 1 is 0.710 bits per heavy atom. The molecule has 7 nitrogen and oxygen atoms in total. The molecule has 2 aliphatic rings. The van der Waals surface area contributed by atoms with Gasteiger partial charge in [-0.25, -0.2) is 0 Å². The third kappa shape index (κ3) is 10.3. The van der Waals surface area contributed by atoms with Crippen molar-refractivity contribution in [1.29, 1.82) is 0 Å². The van der Waals surface area contributed by atoms with Crippen LogP contribution < -0.4 is 21.7 Å². The minimum Gasteiger partial charge on any atom is -0.550 e. The lowest BCUT2D eigenvalue weighted by Crippen LogP contribution is -2.74. The average molecular weight is 445 g/mol. The van der Waals surface area contributed by atoms with Crippen LogP contribution in [0.3, 0.4) is 0 Å². The molecule has 2 rings (SSSR count). The maximum absolute atomic E-state index is 10.6. The van der Waals surface area contributed by atoms with E-state index in [0.29, 0.717) is 22.7 Å². The molecule has 8 N–H and O–H groups in total. The number of quaternary nitrogens is 2. The molecule has 0 bridgehead atoms. The molecule has 2 fully saturated rings. The summed E-state index contributed by atoms with van der Waals surface area (Å²) in [6.45, 7) is 13.5. The van der Waals surface area contributed by atoms with Crippen LogP contribution in [0.2, 0.25) is 0 Å². The van der Waals surface area contributed by atoms with Crippen LogP contribution in [0.5, 0.6) is 0 Å². The number of hydrogen-bond donors (Lipinski definition) is 2. The molecule has 0 aliphatic heterocycles. The molecule has 0 saturated heterocycles. The molecule has 31 heavy (non-hydrogen) atoms. The second-order valence-corrected chi connectivity index (χ2v) is 12.4. The molecule has 0 radical (unpaired) electrons. The Morgan fingerprint density at radius 2 is 0.935 bits per heavy atom. The SMILES string of the molecule is CC(C)(C)C1CCC([NH3+])(CC(=O)[O-])CC1.CC(C)(C)C1CCC([NH3+])(CC(=O)[O-])CC1.O. The van der Waals surface area contributed by atoms with E-state index in [1.165, 1.54) is 0 Å². The van der Waals surface area contributed by atoms with E-state index in [1.807, 2.05) is 0 Å². The molecule has 0 spiro atoms. The van der Waals surface area contributed by atoms with Crippen molar-refractivity contribution in [1.82, 2.24) is 0 Å². The van der Waals surface area contributed by atoms with E-state index in [-0.39, 0.29) is 29.4 Å². The highest BCUT2D eigenvalue weighted by Gasteiger charge is 2.39. The standard InChI is InChI=1S/2C12H23NO2.H2O/c2*1-11(2,3)9-4-6-12(13,7-5-9)8-10(14)15;/h2*9H,4-8,13H2,1-3H3,(H,14,15);1H2. The lowest BCUT2D eigenvalue weighted by Gasteiger charge is -2.40. The highest BCUT2D eigenvalue weighted by molar-refractivity contribution is 5.66. The fourth-order valence-corrected chi connectivity index (χ4v) is 5.16. The van der Waals surface area contributed by atoms with E-state index in [0.717, 1.165) is 51.4 Å². The van der Waals surface area contributed by atoms with Crippen LogP contribution in [0.1, 0.15) is 106 Å². The van der Waals surface area contributed by atoms with Gasteiger partial charge < -0.3 is 36.7 Å². The molecule has 0 aromatic carbocycles. The second-order valence-electron chi connectivity index (χ2n) is 12.4. The van der Waals surface area contributed by atoms with E-state index >= 15 is 0 Å². The van der Waals surface area contributed by atoms with Gasteiger partial charge in [0.25, 0.3) is 0 Å². The summed E-state index contributed by atoms with van der Waals surface area (Å²) in [5.74, 6) is -0.512. The molecule has 0 amide bonds. The zero-order valence-corrected chi connectivity index (χ0v) is 20.8. The van der Waals surface area contributed by atoms with Gasteiger partial charge in [-0.1, -0.05) is 41.5 Å². The Morgan fingerprint density at radius 3 is 1.10 bits per heavy atom. The molecule has 0 aromatic heterocycles. The third-order valence-corrected chi connectivity index (χ3v) is 7.58. The van der Waals surface area contributed by atoms with Crippen molar-refractivity contribution in [2.75, 3.05) is 0 Å². The average Bonchev–Trinajstić information content (AvgIpc) is 2.52. The summed E-state index contributed by atoms with van der Waals surface area (Å²) in [5, 5.41) is 21.2. The number of carbonyl (C=O) groups excluding carboxylic acids is 2. The van der Waals surface area contributed by atoms with Gasteiger partial charge in [0.05, 0.1) is 11.1 Å². The van der Waals surface area contributed by atoms with Crippen molar-refractivity contribution < 1.29 is 36.7 Å². The normalized spacial score (nSPS) is 31.6. The summed E-state index contributed by atoms with van der Waals surface area (Å²) in [6, 6.07) is 0. The summed E-state index contributed by atoms with van der Waals surface area (Å²) in [6.07, 6.45) is 8.30. The fourth-order valence-electron chi connectivity index (χ4n) is 5.16. The Balaban J connectivity index is 0.000000562. The van der Waals surface area contributed by atoms with Crippen LogP contribution in [0, 0.1) is 22.7 Å². The van der Waals surface area contributed by atoms with Gasteiger partial charge in [0.2, 0.25) is 0 Å². The summed E-state index contributed by atoms with van der Waals surface area (Å²) >= 11 is 0. The second kappa shape index (κ2) is 11.1. The van der Waals surface area contributed by atoms with Gasteiger partial charge in [0.15, 0.2) is 0 Å². The third-order valence-electron chi connectivity index (χ3n) is 7.58. The van der Waals surface area contributed by atoms with Gasteiger partial charge in [-0.15, -0.1) is 0 Å². The Hall–Kier alpha value is -1.18. The summed E-state index contributed by atoms with van der Waals surface area (Å²) in [7, 11) is 0. The fraction of sp³-hybridized carbons (Fsp3) is 0.917. The Bertz CT molecular complexity index is 524. The molecule has 0 unspecified atom stereocenters. The molecular formula is C24H48N2O5. The zero-order valence-electron chi connectivity index (χ0n) is 20.8. The number of carbonyl (C=O) groups is 2. The molecule has 0 heterocycles. The smallest absolute Gasteiger partial charge is 0.0998 e. The molecule has 7 heteroatoms. The zero-order chi connectivity index (χ0) is 23.4. The molecule has 0 atom stereocenters. The minimum absolute atomic E-state index is 0. The van der Waals surface area contributed by atoms with Crippen molar-refractivity contribution in [3.8, 4) is 0 Å². The van der Waals surface area contributed by atoms with Crippen molar-refractivity contribution in [3.05, 3.63) is 0 Å². The number of hydrogen-bond acceptors (Lipinski definition) is 4. The lowest BCUT2D eigenvalue weighted by molar-refractivity contribution is -0.489. The van der Waals surface area contributed by atoms with Crippen molar-refractivity contribution in [3.63, 3.8) is 0 Å². The largest absolute Gasteiger partial charge is 0.550 e. The van der Waals surface area contributed by atoms with E-state index in [1.54, 1.807) is 0 Å². The van der Waals surface area contributed by atoms with Crippen LogP contribution in [0.4, 0.5) is 0 Å². The quantitative estimate of drug-likeness (QED) is 0.616. The monoisotopic (exact) mass is 444 g/mol. The Labute approximate surface area is 188 Å². The van der Waals surface area contributed by atoms with Crippen molar-refractivity contribution >= 4 is 11.9 Å². The summed E-state index contributed by atoms with van der Waals surface area (Å²) in [5.41, 5.74) is 8.28. The van der Waals surface area contributed by atoms with Gasteiger partial charge in [-0.05, 0) is 48.3 Å². The predicted molar refractivity (Wildman–Crippen MR) is 117 cm³/mol. The van der Waals surface area contributed by atoms with E-state index in [9.17, 15) is 19.8 Å². The van der Waals surface area contributed by atoms with Crippen LogP contribution in [-0.2, 0) is 9.59 Å². The van der Waals surface area contributed by atoms with E-state index < -0.39 is 11.9 Å². The van der Waals surface area contributed by atoms with E-state index in [2.05, 4.69) is 53.0 Å². The molecular weight excluding hydrogens is 396 g/mol. The Kier molecular flexibility index (Phi) is 10.7. The summed E-state index contributed by atoms with van der Waals surface area (Å²) in [4.78, 5) is 21.2. The number of aliphatic carboxylic acids is 2. The highest BCUT2D eigenvalue weighted by atomic mass is 16.4. The molecule has 0 aromatic rings. The number of carboxylic acid groups (broad SMARTS) is 2. The van der Waals surface area contributed by atoms with Crippen molar-refractivity contribution in [2.45, 2.75) is 117 Å². The first-order valence-electron chi connectivity index (χ1n) is 11.6. The molecule has 184 valence electrons. The lowest BCUT2D eigenvalue weighted by atomic mass is 9.67. The first-order chi connectivity index (χ1) is 13.5. The van der Waals surface area contributed by atoms with Crippen LogP contribution >= 0.6 is 0 Å². The highest BCUT2D eigenvalue weighted by Crippen LogP contribution is 2.41. The number of rotatable bonds is 4. The topological polar surface area (TPSA) is 167 Å². The van der Waals surface area contributed by atoms with Gasteiger partial charge in [0.1, 0.15) is 0 Å². The van der Waals surface area contributed by atoms with Gasteiger partial charge >= 0.3 is 0 Å². The molecule has 2 saturated carbocycles. The van der Waals surface area contributed by atoms with Crippen LogP contribution in [0.15, 0.2) is 0 Å². The number of carboxylic acids is 2. The first kappa shape index (κ1) is 29.8. The van der Waals surface area contributed by atoms with Crippen LogP contribution in [0.25, 0.3) is 0 Å². The maximum atomic E-state index is 10.6. The summed E-state index contributed by atoms with van der Waals surface area (Å²) < 4.78 is 0. The van der Waals surface area contributed by atoms with E-state index in [4.69, 9.17) is 0 Å². The maximum Gasteiger partial charge on any atom is 0.0998 e.